The lowest BCUT2D eigenvalue weighted by Gasteiger charge is -2.41. The van der Waals surface area contributed by atoms with Gasteiger partial charge in [-0.2, -0.15) is 0 Å². The summed E-state index contributed by atoms with van der Waals surface area (Å²) in [4.78, 5) is 5.70. The lowest BCUT2D eigenvalue weighted by Crippen LogP contribution is -2.45. The third-order valence-corrected chi connectivity index (χ3v) is 12.4. The number of halogens is 1. The fraction of sp³-hybridized carbons (Fsp3) is 0.632. The summed E-state index contributed by atoms with van der Waals surface area (Å²) in [5.74, 6) is 0.498. The normalized spacial score (nSPS) is 23.1. The average Bonchev–Trinajstić information content (AvgIpc) is 3.23. The van der Waals surface area contributed by atoms with E-state index < -0.39 is 8.32 Å². The standard InChI is InChI=1S/C19H29BrN2OSSi/c1-19(2,3)25(4,5)23-16-8-6-7-14(16)17(22-11-10-21-13-22)18-15(20)9-12-24-18/h9-14,16-17H,6-8H2,1-5H3/t14-,16-,17?/m1/s1. The minimum Gasteiger partial charge on any atom is -0.414 e. The minimum atomic E-state index is -1.77. The Balaban J connectivity index is 1.92. The molecule has 2 heterocycles. The van der Waals surface area contributed by atoms with Crippen molar-refractivity contribution in [2.75, 3.05) is 0 Å². The molecule has 0 saturated heterocycles. The van der Waals surface area contributed by atoms with Crippen molar-refractivity contribution in [2.45, 2.75) is 70.3 Å². The van der Waals surface area contributed by atoms with Crippen molar-refractivity contribution < 1.29 is 4.43 Å². The van der Waals surface area contributed by atoms with Crippen LogP contribution in [-0.4, -0.2) is 24.0 Å². The summed E-state index contributed by atoms with van der Waals surface area (Å²) in [6.45, 7) is 11.7. The third-order valence-electron chi connectivity index (χ3n) is 5.92. The second kappa shape index (κ2) is 7.29. The van der Waals surface area contributed by atoms with E-state index in [4.69, 9.17) is 4.43 Å². The van der Waals surface area contributed by atoms with Crippen molar-refractivity contribution in [3.05, 3.63) is 39.5 Å². The number of imidazole rings is 1. The molecular formula is C19H29BrN2OSSi. The van der Waals surface area contributed by atoms with E-state index in [1.807, 2.05) is 23.9 Å². The zero-order valence-corrected chi connectivity index (χ0v) is 19.2. The molecular weight excluding hydrogens is 412 g/mol. The largest absolute Gasteiger partial charge is 0.414 e. The van der Waals surface area contributed by atoms with Crippen LogP contribution in [0.2, 0.25) is 18.1 Å². The van der Waals surface area contributed by atoms with E-state index in [2.05, 4.69) is 77.0 Å². The molecule has 138 valence electrons. The molecule has 1 saturated carbocycles. The van der Waals surface area contributed by atoms with Crippen LogP contribution in [0.25, 0.3) is 0 Å². The van der Waals surface area contributed by atoms with Crippen LogP contribution in [0.5, 0.6) is 0 Å². The lowest BCUT2D eigenvalue weighted by molar-refractivity contribution is 0.119. The molecule has 0 aromatic carbocycles. The first kappa shape index (κ1) is 19.3. The van der Waals surface area contributed by atoms with Gasteiger partial charge in [0.1, 0.15) is 0 Å². The Morgan fingerprint density at radius 3 is 2.68 bits per heavy atom. The third kappa shape index (κ3) is 3.97. The summed E-state index contributed by atoms with van der Waals surface area (Å²) in [6, 6.07) is 2.46. The molecule has 0 amide bonds. The van der Waals surface area contributed by atoms with E-state index in [-0.39, 0.29) is 5.04 Å². The molecule has 1 aliphatic rings. The summed E-state index contributed by atoms with van der Waals surface area (Å²) in [7, 11) is -1.77. The van der Waals surface area contributed by atoms with Gasteiger partial charge in [-0.25, -0.2) is 4.98 Å². The summed E-state index contributed by atoms with van der Waals surface area (Å²) < 4.78 is 10.4. The molecule has 2 aromatic heterocycles. The average molecular weight is 442 g/mol. The first-order chi connectivity index (χ1) is 11.7. The van der Waals surface area contributed by atoms with Gasteiger partial charge in [-0.3, -0.25) is 0 Å². The fourth-order valence-corrected chi connectivity index (χ4v) is 6.71. The summed E-state index contributed by atoms with van der Waals surface area (Å²) >= 11 is 5.59. The Bertz CT molecular complexity index is 693. The van der Waals surface area contributed by atoms with Gasteiger partial charge in [0.15, 0.2) is 8.32 Å². The molecule has 0 aliphatic heterocycles. The number of rotatable bonds is 5. The summed E-state index contributed by atoms with van der Waals surface area (Å²) in [6.07, 6.45) is 9.91. The molecule has 1 aliphatic carbocycles. The van der Waals surface area contributed by atoms with Crippen LogP contribution in [0.1, 0.15) is 51.0 Å². The van der Waals surface area contributed by atoms with Gasteiger partial charge in [-0.05, 0) is 58.4 Å². The van der Waals surface area contributed by atoms with Crippen molar-refractivity contribution >= 4 is 35.6 Å². The number of hydrogen-bond donors (Lipinski definition) is 0. The van der Waals surface area contributed by atoms with Gasteiger partial charge < -0.3 is 8.99 Å². The molecule has 6 heteroatoms. The predicted octanol–water partition coefficient (Wildman–Crippen LogP) is 6.49. The molecule has 2 aromatic rings. The summed E-state index contributed by atoms with van der Waals surface area (Å²) in [5.41, 5.74) is 0. The lowest BCUT2D eigenvalue weighted by atomic mass is 9.94. The smallest absolute Gasteiger partial charge is 0.192 e. The second-order valence-corrected chi connectivity index (χ2v) is 15.2. The quantitative estimate of drug-likeness (QED) is 0.496. The number of thiophene rings is 1. The van der Waals surface area contributed by atoms with E-state index in [0.29, 0.717) is 18.1 Å². The van der Waals surface area contributed by atoms with Gasteiger partial charge in [0, 0.05) is 27.7 Å². The molecule has 3 rings (SSSR count). The van der Waals surface area contributed by atoms with Crippen LogP contribution < -0.4 is 0 Å². The topological polar surface area (TPSA) is 27.1 Å². The van der Waals surface area contributed by atoms with Gasteiger partial charge in [0.2, 0.25) is 0 Å². The van der Waals surface area contributed by atoms with Crippen molar-refractivity contribution in [1.82, 2.24) is 9.55 Å². The van der Waals surface area contributed by atoms with Crippen LogP contribution in [0.15, 0.2) is 34.6 Å². The highest BCUT2D eigenvalue weighted by Crippen LogP contribution is 2.47. The Hall–Kier alpha value is -0.433. The zero-order chi connectivity index (χ0) is 18.2. The van der Waals surface area contributed by atoms with Crippen molar-refractivity contribution in [2.24, 2.45) is 5.92 Å². The van der Waals surface area contributed by atoms with Gasteiger partial charge in [0.05, 0.1) is 18.5 Å². The van der Waals surface area contributed by atoms with E-state index in [1.165, 1.54) is 28.6 Å². The fourth-order valence-electron chi connectivity index (χ4n) is 3.52. The van der Waals surface area contributed by atoms with Crippen LogP contribution >= 0.6 is 27.3 Å². The molecule has 0 bridgehead atoms. The molecule has 1 unspecified atom stereocenters. The maximum atomic E-state index is 6.89. The Morgan fingerprint density at radius 2 is 2.12 bits per heavy atom. The molecule has 25 heavy (non-hydrogen) atoms. The maximum absolute atomic E-state index is 6.89. The molecule has 0 spiro atoms. The summed E-state index contributed by atoms with van der Waals surface area (Å²) in [5, 5.41) is 2.41. The Kier molecular flexibility index (Phi) is 5.64. The number of aromatic nitrogens is 2. The number of hydrogen-bond acceptors (Lipinski definition) is 3. The highest BCUT2D eigenvalue weighted by molar-refractivity contribution is 9.10. The van der Waals surface area contributed by atoms with Gasteiger partial charge in [-0.15, -0.1) is 11.3 Å². The first-order valence-electron chi connectivity index (χ1n) is 9.09. The Labute approximate surface area is 165 Å². The van der Waals surface area contributed by atoms with Crippen molar-refractivity contribution in [3.8, 4) is 0 Å². The maximum Gasteiger partial charge on any atom is 0.192 e. The molecule has 0 N–H and O–H groups in total. The zero-order valence-electron chi connectivity index (χ0n) is 15.8. The van der Waals surface area contributed by atoms with Crippen molar-refractivity contribution in [1.29, 1.82) is 0 Å². The second-order valence-electron chi connectivity index (χ2n) is 8.60. The van der Waals surface area contributed by atoms with E-state index in [1.54, 1.807) is 0 Å². The van der Waals surface area contributed by atoms with Gasteiger partial charge in [-0.1, -0.05) is 27.2 Å². The highest BCUT2D eigenvalue weighted by atomic mass is 79.9. The first-order valence-corrected chi connectivity index (χ1v) is 13.7. The van der Waals surface area contributed by atoms with Gasteiger partial charge >= 0.3 is 0 Å². The van der Waals surface area contributed by atoms with Crippen LogP contribution in [0.4, 0.5) is 0 Å². The number of nitrogens with zero attached hydrogens (tertiary/aromatic N) is 2. The van der Waals surface area contributed by atoms with Crippen LogP contribution in [0, 0.1) is 5.92 Å². The molecule has 3 nitrogen and oxygen atoms in total. The van der Waals surface area contributed by atoms with E-state index >= 15 is 0 Å². The van der Waals surface area contributed by atoms with E-state index in [0.717, 1.165) is 0 Å². The SMILES string of the molecule is CC(C)(C)[Si](C)(C)O[C@@H]1CCC[C@H]1C(c1sccc1Br)n1ccnc1. The van der Waals surface area contributed by atoms with Crippen LogP contribution in [-0.2, 0) is 4.43 Å². The molecule has 0 radical (unpaired) electrons. The van der Waals surface area contributed by atoms with Crippen molar-refractivity contribution in [3.63, 3.8) is 0 Å². The highest BCUT2D eigenvalue weighted by Gasteiger charge is 2.44. The molecule has 1 fully saturated rings. The minimum absolute atomic E-state index is 0.244. The predicted molar refractivity (Wildman–Crippen MR) is 112 cm³/mol. The monoisotopic (exact) mass is 440 g/mol. The Morgan fingerprint density at radius 1 is 1.36 bits per heavy atom. The van der Waals surface area contributed by atoms with Crippen LogP contribution in [0.3, 0.4) is 0 Å². The van der Waals surface area contributed by atoms with Gasteiger partial charge in [0.25, 0.3) is 0 Å². The van der Waals surface area contributed by atoms with E-state index in [9.17, 15) is 0 Å². The molecule has 3 atom stereocenters.